The topological polar surface area (TPSA) is 14.1 Å². The van der Waals surface area contributed by atoms with E-state index < -0.39 is 0 Å². The molecule has 0 bridgehead atoms. The van der Waals surface area contributed by atoms with Gasteiger partial charge in [-0.15, -0.1) is 0 Å². The Labute approximate surface area is 57.8 Å². The number of piperidine rings is 1. The molecule has 53 valence electrons. The molecule has 0 N–H and O–H groups in total. The van der Waals surface area contributed by atoms with Gasteiger partial charge in [-0.1, -0.05) is 13.3 Å². The van der Waals surface area contributed by atoms with Crippen molar-refractivity contribution in [3.05, 3.63) is 0 Å². The van der Waals surface area contributed by atoms with E-state index in [-0.39, 0.29) is 0 Å². The first-order valence-corrected chi connectivity index (χ1v) is 3.95. The van der Waals surface area contributed by atoms with Gasteiger partial charge < -0.3 is 0 Å². The molecule has 0 aromatic carbocycles. The van der Waals surface area contributed by atoms with Crippen molar-refractivity contribution >= 4 is 0 Å². The first-order chi connectivity index (χ1) is 4.27. The van der Waals surface area contributed by atoms with Gasteiger partial charge in [0.1, 0.15) is 0 Å². The van der Waals surface area contributed by atoms with Crippen molar-refractivity contribution in [1.29, 1.82) is 0 Å². The highest BCUT2D eigenvalue weighted by Crippen LogP contribution is 2.22. The Morgan fingerprint density at radius 1 is 1.44 bits per heavy atom. The molecule has 0 aliphatic carbocycles. The SMILES string of the molecule is CCC1(C)CCCC[N]1. The maximum atomic E-state index is 4.58. The quantitative estimate of drug-likeness (QED) is 0.510. The molecule has 1 nitrogen and oxygen atoms in total. The lowest BCUT2D eigenvalue weighted by atomic mass is 9.89. The summed E-state index contributed by atoms with van der Waals surface area (Å²) >= 11 is 0. The number of rotatable bonds is 1. The fourth-order valence-electron chi connectivity index (χ4n) is 1.33. The molecule has 1 fully saturated rings. The Morgan fingerprint density at radius 3 is 2.56 bits per heavy atom. The van der Waals surface area contributed by atoms with E-state index in [2.05, 4.69) is 19.2 Å². The third-order valence-corrected chi connectivity index (χ3v) is 2.38. The first-order valence-electron chi connectivity index (χ1n) is 3.95. The molecule has 1 radical (unpaired) electrons. The molecular weight excluding hydrogens is 110 g/mol. The van der Waals surface area contributed by atoms with Crippen LogP contribution in [0.4, 0.5) is 0 Å². The van der Waals surface area contributed by atoms with Crippen LogP contribution in [0.15, 0.2) is 0 Å². The average Bonchev–Trinajstić information content (AvgIpc) is 1.90. The molecule has 0 amide bonds. The highest BCUT2D eigenvalue weighted by Gasteiger charge is 2.24. The normalized spacial score (nSPS) is 36.7. The molecule has 0 aromatic rings. The van der Waals surface area contributed by atoms with Crippen LogP contribution in [0, 0.1) is 0 Å². The molecule has 0 saturated carbocycles. The molecule has 1 saturated heterocycles. The second-order valence-corrected chi connectivity index (χ2v) is 3.19. The molecule has 1 heteroatoms. The molecule has 1 aliphatic rings. The summed E-state index contributed by atoms with van der Waals surface area (Å²) in [5.41, 5.74) is 0.345. The molecule has 1 unspecified atom stereocenters. The summed E-state index contributed by atoms with van der Waals surface area (Å²) in [5, 5.41) is 4.58. The van der Waals surface area contributed by atoms with E-state index in [0.29, 0.717) is 5.54 Å². The van der Waals surface area contributed by atoms with Crippen LogP contribution in [-0.4, -0.2) is 12.1 Å². The smallest absolute Gasteiger partial charge is 0.0326 e. The number of hydrogen-bond acceptors (Lipinski definition) is 0. The Morgan fingerprint density at radius 2 is 2.22 bits per heavy atom. The van der Waals surface area contributed by atoms with E-state index in [1.54, 1.807) is 0 Å². The standard InChI is InChI=1S/C8H16N/c1-3-8(2)6-4-5-7-9-8/h3-7H2,1-2H3. The van der Waals surface area contributed by atoms with Crippen molar-refractivity contribution in [3.8, 4) is 0 Å². The summed E-state index contributed by atoms with van der Waals surface area (Å²) in [6.07, 6.45) is 5.22. The van der Waals surface area contributed by atoms with Crippen LogP contribution in [0.5, 0.6) is 0 Å². The molecule has 1 atom stereocenters. The molecule has 1 rings (SSSR count). The maximum absolute atomic E-state index is 4.58. The van der Waals surface area contributed by atoms with Gasteiger partial charge in [0.25, 0.3) is 0 Å². The van der Waals surface area contributed by atoms with E-state index in [4.69, 9.17) is 0 Å². The third kappa shape index (κ3) is 1.68. The second kappa shape index (κ2) is 2.70. The average molecular weight is 126 g/mol. The lowest BCUT2D eigenvalue weighted by molar-refractivity contribution is 0.262. The van der Waals surface area contributed by atoms with E-state index in [1.807, 2.05) is 0 Å². The van der Waals surface area contributed by atoms with E-state index in [9.17, 15) is 0 Å². The largest absolute Gasteiger partial charge is 0.235 e. The predicted octanol–water partition coefficient (Wildman–Crippen LogP) is 1.94. The van der Waals surface area contributed by atoms with Gasteiger partial charge in [-0.05, 0) is 26.2 Å². The third-order valence-electron chi connectivity index (χ3n) is 2.38. The highest BCUT2D eigenvalue weighted by atomic mass is 15.0. The van der Waals surface area contributed by atoms with Gasteiger partial charge in [-0.2, -0.15) is 0 Å². The zero-order chi connectivity index (χ0) is 6.74. The minimum Gasteiger partial charge on any atom is -0.235 e. The zero-order valence-corrected chi connectivity index (χ0v) is 6.48. The summed E-state index contributed by atoms with van der Waals surface area (Å²) < 4.78 is 0. The molecule has 1 heterocycles. The number of nitrogens with zero attached hydrogens (tertiary/aromatic N) is 1. The van der Waals surface area contributed by atoms with Crippen LogP contribution in [0.25, 0.3) is 0 Å². The van der Waals surface area contributed by atoms with Gasteiger partial charge >= 0.3 is 0 Å². The number of hydrogen-bond donors (Lipinski definition) is 0. The van der Waals surface area contributed by atoms with E-state index in [0.717, 1.165) is 6.54 Å². The van der Waals surface area contributed by atoms with Crippen LogP contribution in [0.2, 0.25) is 0 Å². The fourth-order valence-corrected chi connectivity index (χ4v) is 1.33. The monoisotopic (exact) mass is 126 g/mol. The lowest BCUT2D eigenvalue weighted by Gasteiger charge is -2.31. The van der Waals surface area contributed by atoms with Crippen LogP contribution in [0.3, 0.4) is 0 Å². The Balaban J connectivity index is 2.37. The van der Waals surface area contributed by atoms with Crippen LogP contribution in [-0.2, 0) is 0 Å². The summed E-state index contributed by atoms with van der Waals surface area (Å²) in [6, 6.07) is 0. The Hall–Kier alpha value is -0.0400. The van der Waals surface area contributed by atoms with Crippen molar-refractivity contribution in [2.24, 2.45) is 0 Å². The zero-order valence-electron chi connectivity index (χ0n) is 6.48. The molecule has 0 aromatic heterocycles. The fraction of sp³-hybridized carbons (Fsp3) is 1.00. The summed E-state index contributed by atoms with van der Waals surface area (Å²) in [4.78, 5) is 0. The molecular formula is C8H16N. The van der Waals surface area contributed by atoms with Gasteiger partial charge in [0, 0.05) is 12.1 Å². The summed E-state index contributed by atoms with van der Waals surface area (Å²) in [5.74, 6) is 0. The highest BCUT2D eigenvalue weighted by molar-refractivity contribution is 4.83. The van der Waals surface area contributed by atoms with Crippen LogP contribution >= 0.6 is 0 Å². The predicted molar refractivity (Wildman–Crippen MR) is 39.5 cm³/mol. The van der Waals surface area contributed by atoms with Gasteiger partial charge in [0.05, 0.1) is 0 Å². The van der Waals surface area contributed by atoms with Crippen molar-refractivity contribution in [2.45, 2.75) is 45.1 Å². The van der Waals surface area contributed by atoms with Gasteiger partial charge in [0.15, 0.2) is 0 Å². The maximum Gasteiger partial charge on any atom is 0.0326 e. The van der Waals surface area contributed by atoms with E-state index >= 15 is 0 Å². The molecule has 9 heavy (non-hydrogen) atoms. The van der Waals surface area contributed by atoms with Crippen LogP contribution < -0.4 is 5.32 Å². The molecule has 1 aliphatic heterocycles. The van der Waals surface area contributed by atoms with E-state index in [1.165, 1.54) is 25.7 Å². The van der Waals surface area contributed by atoms with Crippen molar-refractivity contribution in [2.75, 3.05) is 6.54 Å². The minimum absolute atomic E-state index is 0.345. The summed E-state index contributed by atoms with van der Waals surface area (Å²) in [6.45, 7) is 5.60. The van der Waals surface area contributed by atoms with Crippen molar-refractivity contribution < 1.29 is 0 Å². The molecule has 0 spiro atoms. The van der Waals surface area contributed by atoms with Gasteiger partial charge in [0.2, 0.25) is 0 Å². The van der Waals surface area contributed by atoms with Crippen LogP contribution in [0.1, 0.15) is 39.5 Å². The summed E-state index contributed by atoms with van der Waals surface area (Å²) in [7, 11) is 0. The lowest BCUT2D eigenvalue weighted by Crippen LogP contribution is -2.39. The second-order valence-electron chi connectivity index (χ2n) is 3.19. The van der Waals surface area contributed by atoms with Crippen molar-refractivity contribution in [1.82, 2.24) is 5.32 Å². The Kier molecular flexibility index (Phi) is 2.12. The minimum atomic E-state index is 0.345. The van der Waals surface area contributed by atoms with Crippen molar-refractivity contribution in [3.63, 3.8) is 0 Å². The van der Waals surface area contributed by atoms with Gasteiger partial charge in [-0.25, -0.2) is 5.32 Å². The van der Waals surface area contributed by atoms with Gasteiger partial charge in [-0.3, -0.25) is 0 Å². The Bertz CT molecular complexity index is 82.6. The first kappa shape index (κ1) is 7.07.